The molecule has 4 nitrogen and oxygen atoms in total. The van der Waals surface area contributed by atoms with Gasteiger partial charge in [-0.05, 0) is 36.8 Å². The van der Waals surface area contributed by atoms with Crippen molar-refractivity contribution in [2.45, 2.75) is 12.8 Å². The number of hydrogen-bond acceptors (Lipinski definition) is 4. The molecule has 0 fully saturated rings. The summed E-state index contributed by atoms with van der Waals surface area (Å²) in [7, 11) is 1.56. The lowest BCUT2D eigenvalue weighted by Crippen LogP contribution is -2.31. The van der Waals surface area contributed by atoms with Gasteiger partial charge in [0.15, 0.2) is 5.78 Å². The third kappa shape index (κ3) is 4.35. The van der Waals surface area contributed by atoms with E-state index in [9.17, 15) is 9.59 Å². The first kappa shape index (κ1) is 18.5. The van der Waals surface area contributed by atoms with E-state index in [2.05, 4.69) is 6.58 Å². The van der Waals surface area contributed by atoms with Crippen LogP contribution in [0.15, 0.2) is 67.3 Å². The molecule has 0 heterocycles. The minimum absolute atomic E-state index is 0.212. The third-order valence-electron chi connectivity index (χ3n) is 4.00. The van der Waals surface area contributed by atoms with Gasteiger partial charge in [0.05, 0.1) is 13.7 Å². The Morgan fingerprint density at radius 3 is 2.24 bits per heavy atom. The Morgan fingerprint density at radius 1 is 1.08 bits per heavy atom. The molecule has 0 amide bonds. The molecule has 0 N–H and O–H groups in total. The van der Waals surface area contributed by atoms with Crippen LogP contribution in [0.3, 0.4) is 0 Å². The van der Waals surface area contributed by atoms with Crippen molar-refractivity contribution in [2.24, 2.45) is 5.92 Å². The zero-order valence-electron chi connectivity index (χ0n) is 14.5. The standard InChI is InChI=1S/C21H22O4/c1-4-18(15-9-7-6-8-10-15)19(21(23)25-5-2)20(22)16-11-13-17(24-3)14-12-16/h4,6-14,18-19H,1,5H2,2-3H3/t18-,19+/m0/s1. The first-order chi connectivity index (χ1) is 12.1. The van der Waals surface area contributed by atoms with Gasteiger partial charge in [0, 0.05) is 11.5 Å². The Kier molecular flexibility index (Phi) is 6.52. The molecule has 4 heteroatoms. The molecule has 0 saturated heterocycles. The minimum Gasteiger partial charge on any atom is -0.497 e. The van der Waals surface area contributed by atoms with Crippen LogP contribution in [0, 0.1) is 5.92 Å². The molecule has 130 valence electrons. The number of esters is 1. The number of carbonyl (C=O) groups excluding carboxylic acids is 2. The highest BCUT2D eigenvalue weighted by Gasteiger charge is 2.36. The summed E-state index contributed by atoms with van der Waals surface area (Å²) >= 11 is 0. The predicted molar refractivity (Wildman–Crippen MR) is 96.8 cm³/mol. The van der Waals surface area contributed by atoms with E-state index < -0.39 is 17.8 Å². The van der Waals surface area contributed by atoms with Crippen LogP contribution < -0.4 is 4.74 Å². The van der Waals surface area contributed by atoms with Gasteiger partial charge in [-0.1, -0.05) is 36.4 Å². The summed E-state index contributed by atoms with van der Waals surface area (Å²) in [6.07, 6.45) is 1.62. The Balaban J connectivity index is 2.41. The average molecular weight is 338 g/mol. The molecule has 0 saturated carbocycles. The van der Waals surface area contributed by atoms with E-state index in [0.29, 0.717) is 11.3 Å². The molecule has 0 aliphatic rings. The lowest BCUT2D eigenvalue weighted by molar-refractivity contribution is -0.146. The Labute approximate surface area is 148 Å². The predicted octanol–water partition coefficient (Wildman–Crippen LogP) is 4.03. The van der Waals surface area contributed by atoms with Gasteiger partial charge >= 0.3 is 5.97 Å². The van der Waals surface area contributed by atoms with Crippen LogP contribution in [0.5, 0.6) is 5.75 Å². The number of allylic oxidation sites excluding steroid dienone is 1. The number of rotatable bonds is 8. The van der Waals surface area contributed by atoms with Crippen LogP contribution in [0.1, 0.15) is 28.8 Å². The minimum atomic E-state index is -0.978. The van der Waals surface area contributed by atoms with Gasteiger partial charge in [-0.2, -0.15) is 0 Å². The van der Waals surface area contributed by atoms with Gasteiger partial charge in [-0.3, -0.25) is 9.59 Å². The molecular formula is C21H22O4. The third-order valence-corrected chi connectivity index (χ3v) is 4.00. The largest absolute Gasteiger partial charge is 0.497 e. The second-order valence-corrected chi connectivity index (χ2v) is 5.49. The van der Waals surface area contributed by atoms with Crippen LogP contribution in [0.4, 0.5) is 0 Å². The zero-order chi connectivity index (χ0) is 18.2. The van der Waals surface area contributed by atoms with E-state index >= 15 is 0 Å². The van der Waals surface area contributed by atoms with E-state index in [-0.39, 0.29) is 12.4 Å². The summed E-state index contributed by atoms with van der Waals surface area (Å²) in [5.41, 5.74) is 1.28. The molecule has 0 aliphatic heterocycles. The second-order valence-electron chi connectivity index (χ2n) is 5.49. The van der Waals surface area contributed by atoms with Crippen molar-refractivity contribution in [2.75, 3.05) is 13.7 Å². The molecule has 0 aliphatic carbocycles. The van der Waals surface area contributed by atoms with Crippen molar-refractivity contribution in [3.05, 3.63) is 78.4 Å². The van der Waals surface area contributed by atoms with Crippen LogP contribution in [0.2, 0.25) is 0 Å². The fraction of sp³-hybridized carbons (Fsp3) is 0.238. The van der Waals surface area contributed by atoms with Crippen LogP contribution in [0.25, 0.3) is 0 Å². The molecule has 0 aromatic heterocycles. The molecule has 0 unspecified atom stereocenters. The topological polar surface area (TPSA) is 52.6 Å². The van der Waals surface area contributed by atoms with E-state index in [1.807, 2.05) is 30.3 Å². The molecule has 0 bridgehead atoms. The van der Waals surface area contributed by atoms with E-state index in [0.717, 1.165) is 5.56 Å². The lowest BCUT2D eigenvalue weighted by Gasteiger charge is -2.22. The van der Waals surface area contributed by atoms with Crippen molar-refractivity contribution in [3.63, 3.8) is 0 Å². The monoisotopic (exact) mass is 338 g/mol. The fourth-order valence-corrected chi connectivity index (χ4v) is 2.72. The van der Waals surface area contributed by atoms with Crippen molar-refractivity contribution in [1.29, 1.82) is 0 Å². The van der Waals surface area contributed by atoms with Crippen molar-refractivity contribution >= 4 is 11.8 Å². The molecule has 2 rings (SSSR count). The normalized spacial score (nSPS) is 12.7. The Hall–Kier alpha value is -2.88. The maximum atomic E-state index is 13.0. The lowest BCUT2D eigenvalue weighted by atomic mass is 9.81. The fourth-order valence-electron chi connectivity index (χ4n) is 2.72. The maximum absolute atomic E-state index is 13.0. The zero-order valence-corrected chi connectivity index (χ0v) is 14.5. The van der Waals surface area contributed by atoms with Crippen molar-refractivity contribution in [3.8, 4) is 5.75 Å². The van der Waals surface area contributed by atoms with Gasteiger partial charge in [0.25, 0.3) is 0 Å². The van der Waals surface area contributed by atoms with E-state index in [4.69, 9.17) is 9.47 Å². The summed E-state index contributed by atoms with van der Waals surface area (Å²) in [4.78, 5) is 25.6. The number of carbonyl (C=O) groups is 2. The summed E-state index contributed by atoms with van der Waals surface area (Å²) in [6, 6.07) is 16.1. The quantitative estimate of drug-likeness (QED) is 0.316. The summed E-state index contributed by atoms with van der Waals surface area (Å²) < 4.78 is 10.3. The summed E-state index contributed by atoms with van der Waals surface area (Å²) in [6.45, 7) is 5.76. The highest BCUT2D eigenvalue weighted by Crippen LogP contribution is 2.30. The Morgan fingerprint density at radius 2 is 1.72 bits per heavy atom. The second kappa shape index (κ2) is 8.83. The number of methoxy groups -OCH3 is 1. The number of ketones is 1. The smallest absolute Gasteiger partial charge is 0.317 e. The van der Waals surface area contributed by atoms with Crippen molar-refractivity contribution in [1.82, 2.24) is 0 Å². The molecule has 2 aromatic rings. The number of ether oxygens (including phenoxy) is 2. The van der Waals surface area contributed by atoms with Gasteiger partial charge in [0.2, 0.25) is 0 Å². The number of Topliss-reactive ketones (excluding diaryl/α,β-unsaturated/α-hetero) is 1. The van der Waals surface area contributed by atoms with E-state index in [1.165, 1.54) is 0 Å². The van der Waals surface area contributed by atoms with Gasteiger partial charge in [0.1, 0.15) is 11.7 Å². The highest BCUT2D eigenvalue weighted by molar-refractivity contribution is 6.09. The molecule has 0 spiro atoms. The Bertz CT molecular complexity index is 719. The summed E-state index contributed by atoms with van der Waals surface area (Å²) in [5, 5.41) is 0. The molecule has 2 aromatic carbocycles. The molecule has 25 heavy (non-hydrogen) atoms. The highest BCUT2D eigenvalue weighted by atomic mass is 16.5. The average Bonchev–Trinajstić information content (AvgIpc) is 2.66. The van der Waals surface area contributed by atoms with E-state index in [1.54, 1.807) is 44.4 Å². The van der Waals surface area contributed by atoms with Crippen LogP contribution >= 0.6 is 0 Å². The van der Waals surface area contributed by atoms with Gasteiger partial charge < -0.3 is 9.47 Å². The number of hydrogen-bond donors (Lipinski definition) is 0. The maximum Gasteiger partial charge on any atom is 0.317 e. The van der Waals surface area contributed by atoms with Crippen LogP contribution in [-0.2, 0) is 9.53 Å². The van der Waals surface area contributed by atoms with Gasteiger partial charge in [-0.25, -0.2) is 0 Å². The first-order valence-electron chi connectivity index (χ1n) is 8.14. The molecular weight excluding hydrogens is 316 g/mol. The summed E-state index contributed by atoms with van der Waals surface area (Å²) in [5.74, 6) is -1.64. The molecule has 2 atom stereocenters. The van der Waals surface area contributed by atoms with Crippen molar-refractivity contribution < 1.29 is 19.1 Å². The van der Waals surface area contributed by atoms with Gasteiger partial charge in [-0.15, -0.1) is 6.58 Å². The SMILES string of the molecule is C=C[C@@H](c1ccccc1)[C@@H](C(=O)OCC)C(=O)c1ccc(OC)cc1. The van der Waals surface area contributed by atoms with Crippen LogP contribution in [-0.4, -0.2) is 25.5 Å². The molecule has 0 radical (unpaired) electrons. The first-order valence-corrected chi connectivity index (χ1v) is 8.14. The number of benzene rings is 2.